The minimum Gasteiger partial charge on any atom is -0.493 e. The lowest BCUT2D eigenvalue weighted by Crippen LogP contribution is -2.47. The van der Waals surface area contributed by atoms with Gasteiger partial charge in [0.05, 0.1) is 12.2 Å². The van der Waals surface area contributed by atoms with Gasteiger partial charge in [-0.3, -0.25) is 9.59 Å². The average Bonchev–Trinajstić information content (AvgIpc) is 2.66. The van der Waals surface area contributed by atoms with E-state index in [9.17, 15) is 22.8 Å². The molecule has 0 aromatic heterocycles. The maximum Gasteiger partial charge on any atom is 0.573 e. The molecule has 6 nitrogen and oxygen atoms in total. The van der Waals surface area contributed by atoms with Crippen LogP contribution >= 0.6 is 0 Å². The summed E-state index contributed by atoms with van der Waals surface area (Å²) in [6, 6.07) is 10.5. The van der Waals surface area contributed by atoms with E-state index < -0.39 is 30.0 Å². The van der Waals surface area contributed by atoms with Crippen LogP contribution in [-0.4, -0.2) is 30.8 Å². The molecule has 9 heteroatoms. The summed E-state index contributed by atoms with van der Waals surface area (Å²) >= 11 is 0. The molecule has 0 bridgehead atoms. The summed E-state index contributed by atoms with van der Waals surface area (Å²) in [4.78, 5) is 25.4. The molecule has 0 saturated heterocycles. The smallest absolute Gasteiger partial charge is 0.493 e. The molecule has 2 aromatic rings. The Bertz CT molecular complexity index is 867. The van der Waals surface area contributed by atoms with Crippen molar-refractivity contribution in [1.82, 2.24) is 5.32 Å². The lowest BCUT2D eigenvalue weighted by molar-refractivity contribution is -0.274. The number of halogens is 3. The number of amides is 2. The highest BCUT2D eigenvalue weighted by atomic mass is 19.4. The number of hydrogen-bond donors (Lipinski definition) is 2. The average molecular weight is 424 g/mol. The molecule has 1 atom stereocenters. The van der Waals surface area contributed by atoms with Gasteiger partial charge in [-0.1, -0.05) is 26.0 Å². The number of carbonyl (C=O) groups is 2. The molecule has 0 spiro atoms. The molecule has 2 rings (SSSR count). The molecule has 0 radical (unpaired) electrons. The van der Waals surface area contributed by atoms with E-state index in [1.807, 2.05) is 0 Å². The third-order valence-corrected chi connectivity index (χ3v) is 4.02. The second-order valence-corrected chi connectivity index (χ2v) is 6.69. The van der Waals surface area contributed by atoms with E-state index in [4.69, 9.17) is 4.74 Å². The lowest BCUT2D eigenvalue weighted by atomic mass is 10.0. The van der Waals surface area contributed by atoms with Crippen molar-refractivity contribution in [3.63, 3.8) is 0 Å². The zero-order chi connectivity index (χ0) is 22.3. The van der Waals surface area contributed by atoms with Crippen molar-refractivity contribution < 1.29 is 32.2 Å². The van der Waals surface area contributed by atoms with Gasteiger partial charge < -0.3 is 20.1 Å². The van der Waals surface area contributed by atoms with Crippen LogP contribution in [0.25, 0.3) is 0 Å². The Labute approximate surface area is 172 Å². The van der Waals surface area contributed by atoms with Crippen LogP contribution in [0.3, 0.4) is 0 Å². The zero-order valence-electron chi connectivity index (χ0n) is 16.7. The second kappa shape index (κ2) is 10.00. The van der Waals surface area contributed by atoms with Crippen molar-refractivity contribution in [3.05, 3.63) is 54.1 Å². The highest BCUT2D eigenvalue weighted by molar-refractivity contribution is 6.02. The van der Waals surface area contributed by atoms with Crippen molar-refractivity contribution in [2.45, 2.75) is 33.2 Å². The van der Waals surface area contributed by atoms with Gasteiger partial charge in [-0.25, -0.2) is 0 Å². The first-order valence-corrected chi connectivity index (χ1v) is 9.30. The molecule has 0 aliphatic carbocycles. The molecule has 2 N–H and O–H groups in total. The maximum atomic E-state index is 12.7. The summed E-state index contributed by atoms with van der Waals surface area (Å²) in [6.07, 6.45) is -4.80. The molecular weight excluding hydrogens is 401 g/mol. The quantitative estimate of drug-likeness (QED) is 0.660. The van der Waals surface area contributed by atoms with Gasteiger partial charge in [0.25, 0.3) is 5.91 Å². The van der Waals surface area contributed by atoms with E-state index in [1.165, 1.54) is 12.1 Å². The van der Waals surface area contributed by atoms with E-state index in [-0.39, 0.29) is 11.6 Å². The van der Waals surface area contributed by atoms with E-state index in [2.05, 4.69) is 15.4 Å². The molecule has 0 saturated carbocycles. The van der Waals surface area contributed by atoms with Crippen LogP contribution in [0.1, 0.15) is 31.1 Å². The Kier molecular flexibility index (Phi) is 7.68. The first-order chi connectivity index (χ1) is 14.1. The van der Waals surface area contributed by atoms with Crippen molar-refractivity contribution >= 4 is 17.5 Å². The van der Waals surface area contributed by atoms with E-state index in [0.717, 1.165) is 12.1 Å². The number of rotatable bonds is 8. The third kappa shape index (κ3) is 6.68. The van der Waals surface area contributed by atoms with E-state index in [0.29, 0.717) is 17.9 Å². The number of ether oxygens (including phenoxy) is 2. The van der Waals surface area contributed by atoms with Gasteiger partial charge in [-0.2, -0.15) is 0 Å². The van der Waals surface area contributed by atoms with Crippen LogP contribution in [-0.2, 0) is 4.79 Å². The molecule has 1 unspecified atom stereocenters. The van der Waals surface area contributed by atoms with Gasteiger partial charge in [-0.05, 0) is 49.2 Å². The number of hydrogen-bond acceptors (Lipinski definition) is 4. The molecule has 30 heavy (non-hydrogen) atoms. The lowest BCUT2D eigenvalue weighted by Gasteiger charge is -2.22. The minimum absolute atomic E-state index is 0.249. The van der Waals surface area contributed by atoms with E-state index >= 15 is 0 Å². The third-order valence-electron chi connectivity index (χ3n) is 4.02. The van der Waals surface area contributed by atoms with Gasteiger partial charge in [0.2, 0.25) is 5.91 Å². The predicted octanol–water partition coefficient (Wildman–Crippen LogP) is 4.38. The monoisotopic (exact) mass is 424 g/mol. The zero-order valence-corrected chi connectivity index (χ0v) is 16.7. The molecule has 0 fully saturated rings. The van der Waals surface area contributed by atoms with E-state index in [1.54, 1.807) is 45.0 Å². The molecule has 0 heterocycles. The molecule has 2 amide bonds. The van der Waals surface area contributed by atoms with Crippen LogP contribution in [0.2, 0.25) is 0 Å². The summed E-state index contributed by atoms with van der Waals surface area (Å²) in [5.74, 6) is -1.22. The van der Waals surface area contributed by atoms with Gasteiger partial charge in [0.15, 0.2) is 0 Å². The van der Waals surface area contributed by atoms with Gasteiger partial charge in [0, 0.05) is 5.69 Å². The number of carbonyl (C=O) groups excluding carboxylic acids is 2. The minimum atomic E-state index is -4.80. The van der Waals surface area contributed by atoms with Crippen LogP contribution in [0, 0.1) is 5.92 Å². The van der Waals surface area contributed by atoms with Crippen molar-refractivity contribution in [2.24, 2.45) is 5.92 Å². The highest BCUT2D eigenvalue weighted by Crippen LogP contribution is 2.24. The standard InChI is InChI=1S/C21H23F3N2O4/c1-4-29-17-8-6-5-7-16(17)19(27)26-18(13(2)3)20(28)25-14-9-11-15(12-10-14)30-21(22,23)24/h5-13,18H,4H2,1-3H3,(H,25,28)(H,26,27). The molecule has 162 valence electrons. The van der Waals surface area contributed by atoms with Crippen LogP contribution in [0.5, 0.6) is 11.5 Å². The van der Waals surface area contributed by atoms with Crippen LogP contribution in [0.15, 0.2) is 48.5 Å². The highest BCUT2D eigenvalue weighted by Gasteiger charge is 2.31. The SMILES string of the molecule is CCOc1ccccc1C(=O)NC(C(=O)Nc1ccc(OC(F)(F)F)cc1)C(C)C. The Morgan fingerprint density at radius 3 is 2.23 bits per heavy atom. The van der Waals surface area contributed by atoms with Crippen LogP contribution in [0.4, 0.5) is 18.9 Å². The van der Waals surface area contributed by atoms with Crippen LogP contribution < -0.4 is 20.1 Å². The molecular formula is C21H23F3N2O4. The van der Waals surface area contributed by atoms with Gasteiger partial charge in [0.1, 0.15) is 17.5 Å². The first-order valence-electron chi connectivity index (χ1n) is 9.30. The van der Waals surface area contributed by atoms with Crippen molar-refractivity contribution in [2.75, 3.05) is 11.9 Å². The predicted molar refractivity (Wildman–Crippen MR) is 105 cm³/mol. The fraction of sp³-hybridized carbons (Fsp3) is 0.333. The maximum absolute atomic E-state index is 12.7. The molecule has 0 aliphatic heterocycles. The normalized spacial score (nSPS) is 12.2. The number of nitrogens with one attached hydrogen (secondary N) is 2. The van der Waals surface area contributed by atoms with Crippen molar-refractivity contribution in [1.29, 1.82) is 0 Å². The summed E-state index contributed by atoms with van der Waals surface area (Å²) in [6.45, 7) is 5.70. The molecule has 2 aromatic carbocycles. The second-order valence-electron chi connectivity index (χ2n) is 6.69. The molecule has 0 aliphatic rings. The first kappa shape index (κ1) is 23.1. The fourth-order valence-electron chi connectivity index (χ4n) is 2.65. The fourth-order valence-corrected chi connectivity index (χ4v) is 2.65. The Morgan fingerprint density at radius 1 is 1.03 bits per heavy atom. The number of benzene rings is 2. The number of alkyl halides is 3. The number of para-hydroxylation sites is 1. The topological polar surface area (TPSA) is 76.7 Å². The summed E-state index contributed by atoms with van der Waals surface area (Å²) in [5, 5.41) is 5.28. The summed E-state index contributed by atoms with van der Waals surface area (Å²) in [5.41, 5.74) is 0.565. The Hall–Kier alpha value is -3.23. The summed E-state index contributed by atoms with van der Waals surface area (Å²) in [7, 11) is 0. The summed E-state index contributed by atoms with van der Waals surface area (Å²) < 4.78 is 46.0. The van der Waals surface area contributed by atoms with Crippen molar-refractivity contribution in [3.8, 4) is 11.5 Å². The Balaban J connectivity index is 2.09. The Morgan fingerprint density at radius 2 is 1.67 bits per heavy atom. The number of anilines is 1. The largest absolute Gasteiger partial charge is 0.573 e. The van der Waals surface area contributed by atoms with Gasteiger partial charge >= 0.3 is 6.36 Å². The van der Waals surface area contributed by atoms with Gasteiger partial charge in [-0.15, -0.1) is 13.2 Å².